The number of carbonyl (C=O) groups excluding carboxylic acids is 1. The molecule has 1 radical (unpaired) electrons. The molecule has 173 valence electrons. The summed E-state index contributed by atoms with van der Waals surface area (Å²) in [6, 6.07) is 14.3. The van der Waals surface area contributed by atoms with Crippen molar-refractivity contribution in [3.05, 3.63) is 65.7 Å². The Morgan fingerprint density at radius 3 is 2.52 bits per heavy atom. The number of thiocarbonyl (C=S) groups is 1. The number of benzene rings is 2. The van der Waals surface area contributed by atoms with Crippen molar-refractivity contribution in [2.45, 2.75) is 11.3 Å². The number of hydrogen-bond donors (Lipinski definition) is 3. The second-order valence-corrected chi connectivity index (χ2v) is 8.65. The van der Waals surface area contributed by atoms with Crippen molar-refractivity contribution in [2.75, 3.05) is 33.9 Å². The molecule has 11 heteroatoms. The topological polar surface area (TPSA) is 106 Å². The first-order valence-electron chi connectivity index (χ1n) is 9.86. The number of sulfonamides is 1. The van der Waals surface area contributed by atoms with Crippen LogP contribution in [0.2, 0.25) is 0 Å². The Bertz CT molecular complexity index is 1050. The Labute approximate surface area is 222 Å². The van der Waals surface area contributed by atoms with Gasteiger partial charge in [-0.2, -0.15) is 0 Å². The third kappa shape index (κ3) is 10.2. The Morgan fingerprint density at radius 2 is 1.85 bits per heavy atom. The van der Waals surface area contributed by atoms with Crippen molar-refractivity contribution >= 4 is 68.9 Å². The standard InChI is InChI=1S/C22H27N3O5S2.Na/c1-23-22(31)25-32(27,28)20-16-18(8-10-19(20)30-15-14-29-2)12-13-24-21(26)11-9-17-6-4-3-5-7-17;/h3-11,16H,12-15H2,1-2H3,(H,24,26)(H2,23,25,31);. The van der Waals surface area contributed by atoms with E-state index in [1.54, 1.807) is 18.2 Å². The molecule has 33 heavy (non-hydrogen) atoms. The quantitative estimate of drug-likeness (QED) is 0.186. The molecule has 0 aliphatic carbocycles. The van der Waals surface area contributed by atoms with Crippen molar-refractivity contribution in [2.24, 2.45) is 0 Å². The van der Waals surface area contributed by atoms with E-state index >= 15 is 0 Å². The minimum atomic E-state index is -3.96. The first-order chi connectivity index (χ1) is 15.4. The van der Waals surface area contributed by atoms with E-state index in [0.29, 0.717) is 25.1 Å². The zero-order valence-electron chi connectivity index (χ0n) is 19.0. The summed E-state index contributed by atoms with van der Waals surface area (Å²) in [5.41, 5.74) is 1.64. The van der Waals surface area contributed by atoms with Crippen LogP contribution in [0.1, 0.15) is 11.1 Å². The first-order valence-corrected chi connectivity index (χ1v) is 11.7. The average molecular weight is 501 g/mol. The van der Waals surface area contributed by atoms with Crippen LogP contribution in [0.5, 0.6) is 5.75 Å². The van der Waals surface area contributed by atoms with Gasteiger partial charge < -0.3 is 20.1 Å². The fourth-order valence-electron chi connectivity index (χ4n) is 2.63. The van der Waals surface area contributed by atoms with Crippen molar-refractivity contribution in [3.8, 4) is 5.75 Å². The molecule has 0 fully saturated rings. The van der Waals surface area contributed by atoms with Crippen LogP contribution in [-0.2, 0) is 26.0 Å². The van der Waals surface area contributed by atoms with E-state index in [1.165, 1.54) is 26.3 Å². The molecule has 8 nitrogen and oxygen atoms in total. The van der Waals surface area contributed by atoms with Gasteiger partial charge in [-0.1, -0.05) is 36.4 Å². The molecule has 0 heterocycles. The van der Waals surface area contributed by atoms with Gasteiger partial charge in [-0.25, -0.2) is 8.42 Å². The average Bonchev–Trinajstić information content (AvgIpc) is 2.79. The third-order valence-electron chi connectivity index (χ3n) is 4.24. The molecule has 0 bridgehead atoms. The predicted molar refractivity (Wildman–Crippen MR) is 134 cm³/mol. The smallest absolute Gasteiger partial charge is 0.267 e. The summed E-state index contributed by atoms with van der Waals surface area (Å²) in [7, 11) is -0.912. The minimum Gasteiger partial charge on any atom is -0.490 e. The van der Waals surface area contributed by atoms with Gasteiger partial charge in [-0.05, 0) is 48.0 Å². The van der Waals surface area contributed by atoms with Gasteiger partial charge >= 0.3 is 0 Å². The van der Waals surface area contributed by atoms with Crippen molar-refractivity contribution in [1.29, 1.82) is 0 Å². The molecule has 0 aliphatic heterocycles. The summed E-state index contributed by atoms with van der Waals surface area (Å²) >= 11 is 4.93. The van der Waals surface area contributed by atoms with Crippen LogP contribution in [-0.4, -0.2) is 82.9 Å². The molecule has 0 aromatic heterocycles. The van der Waals surface area contributed by atoms with Crippen LogP contribution < -0.4 is 20.1 Å². The molecular formula is C22H27N3NaO5S2. The van der Waals surface area contributed by atoms with Gasteiger partial charge in [0.15, 0.2) is 5.11 Å². The molecule has 2 aromatic rings. The number of carbonyl (C=O) groups is 1. The minimum absolute atomic E-state index is 0. The van der Waals surface area contributed by atoms with Gasteiger partial charge in [0.2, 0.25) is 5.91 Å². The fourth-order valence-corrected chi connectivity index (χ4v) is 4.11. The van der Waals surface area contributed by atoms with Gasteiger partial charge in [0.25, 0.3) is 10.0 Å². The van der Waals surface area contributed by atoms with Crippen LogP contribution in [0.3, 0.4) is 0 Å². The second kappa shape index (κ2) is 15.0. The Morgan fingerprint density at radius 1 is 1.12 bits per heavy atom. The monoisotopic (exact) mass is 500 g/mol. The van der Waals surface area contributed by atoms with E-state index in [9.17, 15) is 13.2 Å². The molecule has 1 amide bonds. The van der Waals surface area contributed by atoms with E-state index in [1.807, 2.05) is 30.3 Å². The first kappa shape index (κ1) is 29.1. The van der Waals surface area contributed by atoms with E-state index in [2.05, 4.69) is 15.4 Å². The summed E-state index contributed by atoms with van der Waals surface area (Å²) < 4.78 is 38.4. The summed E-state index contributed by atoms with van der Waals surface area (Å²) in [6.07, 6.45) is 3.62. The maximum absolute atomic E-state index is 12.8. The van der Waals surface area contributed by atoms with Crippen molar-refractivity contribution in [3.63, 3.8) is 0 Å². The number of ether oxygens (including phenoxy) is 2. The number of methoxy groups -OCH3 is 1. The normalized spacial score (nSPS) is 10.8. The van der Waals surface area contributed by atoms with Crippen molar-refractivity contribution in [1.82, 2.24) is 15.4 Å². The molecule has 0 unspecified atom stereocenters. The third-order valence-corrected chi connectivity index (χ3v) is 6.04. The zero-order chi connectivity index (χ0) is 23.4. The molecular weight excluding hydrogens is 473 g/mol. The van der Waals surface area contributed by atoms with E-state index in [4.69, 9.17) is 21.7 Å². The van der Waals surface area contributed by atoms with Gasteiger partial charge in [-0.15, -0.1) is 0 Å². The predicted octanol–water partition coefficient (Wildman–Crippen LogP) is 1.49. The SMILES string of the molecule is CNC(=S)NS(=O)(=O)c1cc(CCNC(=O)C=Cc2ccccc2)ccc1OCCOC.[Na]. The van der Waals surface area contributed by atoms with Crippen LogP contribution in [0, 0.1) is 0 Å². The number of amides is 1. The molecule has 0 aliphatic rings. The second-order valence-electron chi connectivity index (χ2n) is 6.59. The molecule has 2 aromatic carbocycles. The van der Waals surface area contributed by atoms with Gasteiger partial charge in [-0.3, -0.25) is 9.52 Å². The Balaban J connectivity index is 0.00000544. The van der Waals surface area contributed by atoms with Gasteiger partial charge in [0.05, 0.1) is 6.61 Å². The van der Waals surface area contributed by atoms with Crippen LogP contribution in [0.15, 0.2) is 59.5 Å². The number of nitrogens with one attached hydrogen (secondary N) is 3. The molecule has 0 spiro atoms. The van der Waals surface area contributed by atoms with Crippen LogP contribution >= 0.6 is 12.2 Å². The number of rotatable bonds is 11. The van der Waals surface area contributed by atoms with Crippen LogP contribution in [0.25, 0.3) is 6.08 Å². The molecule has 3 N–H and O–H groups in total. The maximum Gasteiger partial charge on any atom is 0.267 e. The van der Waals surface area contributed by atoms with Crippen LogP contribution in [0.4, 0.5) is 0 Å². The molecule has 0 atom stereocenters. The van der Waals surface area contributed by atoms with E-state index < -0.39 is 10.0 Å². The van der Waals surface area contributed by atoms with Gasteiger partial charge in [0, 0.05) is 56.3 Å². The summed E-state index contributed by atoms with van der Waals surface area (Å²) in [5.74, 6) is -0.0470. The van der Waals surface area contributed by atoms with E-state index in [0.717, 1.165) is 5.56 Å². The zero-order valence-corrected chi connectivity index (χ0v) is 22.6. The van der Waals surface area contributed by atoms with Gasteiger partial charge in [0.1, 0.15) is 17.3 Å². The molecule has 2 rings (SSSR count). The summed E-state index contributed by atoms with van der Waals surface area (Å²) in [4.78, 5) is 12.0. The van der Waals surface area contributed by atoms with Crippen molar-refractivity contribution < 1.29 is 22.7 Å². The number of hydrogen-bond acceptors (Lipinski definition) is 6. The summed E-state index contributed by atoms with van der Waals surface area (Å²) in [5, 5.41) is 5.33. The fraction of sp³-hybridized carbons (Fsp3) is 0.273. The molecule has 0 saturated carbocycles. The largest absolute Gasteiger partial charge is 0.490 e. The maximum atomic E-state index is 12.8. The Hall–Kier alpha value is -1.95. The Kier molecular flexibility index (Phi) is 13.3. The van der Waals surface area contributed by atoms with E-state index in [-0.39, 0.29) is 57.8 Å². The summed E-state index contributed by atoms with van der Waals surface area (Å²) in [6.45, 7) is 0.842. The molecule has 0 saturated heterocycles.